The first-order valence-electron chi connectivity index (χ1n) is 4.22. The van der Waals surface area contributed by atoms with Crippen molar-refractivity contribution in [3.63, 3.8) is 0 Å². The minimum atomic E-state index is -0.556. The Morgan fingerprint density at radius 2 is 2.20 bits per heavy atom. The number of rotatable bonds is 4. The van der Waals surface area contributed by atoms with Crippen LogP contribution >= 0.6 is 0 Å². The van der Waals surface area contributed by atoms with Gasteiger partial charge in [-0.2, -0.15) is 0 Å². The van der Waals surface area contributed by atoms with Gasteiger partial charge in [0, 0.05) is 13.1 Å². The lowest BCUT2D eigenvalue weighted by atomic mass is 10.3. The molecule has 0 heterocycles. The summed E-state index contributed by atoms with van der Waals surface area (Å²) >= 11 is 0. The van der Waals surface area contributed by atoms with Crippen molar-refractivity contribution < 1.29 is 14.5 Å². The number of nitrogens with one attached hydrogen (secondary N) is 1. The van der Waals surface area contributed by atoms with Gasteiger partial charge in [0.2, 0.25) is 0 Å². The molecule has 0 aliphatic heterocycles. The third-order valence-electron chi connectivity index (χ3n) is 1.70. The minimum Gasteiger partial charge on any atom is -0.477 e. The van der Waals surface area contributed by atoms with Crippen molar-refractivity contribution >= 4 is 11.6 Å². The summed E-state index contributed by atoms with van der Waals surface area (Å²) in [6.45, 7) is -0.235. The van der Waals surface area contributed by atoms with E-state index in [1.807, 2.05) is 0 Å². The summed E-state index contributed by atoms with van der Waals surface area (Å²) < 4.78 is 5.00. The van der Waals surface area contributed by atoms with Crippen molar-refractivity contribution in [1.82, 2.24) is 5.32 Å². The Balaban J connectivity index is 2.76. The van der Waals surface area contributed by atoms with Gasteiger partial charge in [-0.25, -0.2) is 0 Å². The fraction of sp³-hybridized carbons (Fsp3) is 0.222. The number of hydrogen-bond acceptors (Lipinski definition) is 4. The van der Waals surface area contributed by atoms with E-state index in [-0.39, 0.29) is 24.0 Å². The molecule has 0 aromatic heterocycles. The van der Waals surface area contributed by atoms with Crippen molar-refractivity contribution in [3.8, 4) is 5.75 Å². The number of amides is 1. The van der Waals surface area contributed by atoms with E-state index < -0.39 is 4.92 Å². The molecule has 0 atom stereocenters. The van der Waals surface area contributed by atoms with Crippen molar-refractivity contribution in [1.29, 1.82) is 0 Å². The van der Waals surface area contributed by atoms with Gasteiger partial charge in [-0.05, 0) is 6.07 Å². The van der Waals surface area contributed by atoms with E-state index in [4.69, 9.17) is 4.74 Å². The number of likely N-dealkylation sites (N-methyl/N-ethyl adjacent to an activating group) is 1. The van der Waals surface area contributed by atoms with Gasteiger partial charge >= 0.3 is 5.69 Å². The summed E-state index contributed by atoms with van der Waals surface area (Å²) in [5.41, 5.74) is -0.151. The predicted molar refractivity (Wildman–Crippen MR) is 52.7 cm³/mol. The molecule has 1 aromatic carbocycles. The van der Waals surface area contributed by atoms with E-state index >= 15 is 0 Å². The molecule has 1 aromatic rings. The van der Waals surface area contributed by atoms with Crippen LogP contribution in [0.4, 0.5) is 5.69 Å². The monoisotopic (exact) mass is 210 g/mol. The molecule has 0 bridgehead atoms. The molecule has 6 nitrogen and oxygen atoms in total. The Bertz CT molecular complexity index is 378. The SMILES string of the molecule is CNC(=O)COc1ccccc1[N+](=O)[O-]. The molecule has 80 valence electrons. The normalized spacial score (nSPS) is 9.40. The van der Waals surface area contributed by atoms with E-state index in [2.05, 4.69) is 5.32 Å². The van der Waals surface area contributed by atoms with Crippen LogP contribution < -0.4 is 10.1 Å². The fourth-order valence-electron chi connectivity index (χ4n) is 0.946. The van der Waals surface area contributed by atoms with Gasteiger partial charge in [-0.3, -0.25) is 14.9 Å². The molecule has 0 saturated heterocycles. The maximum absolute atomic E-state index is 10.9. The standard InChI is InChI=1S/C9H10N2O4/c1-10-9(12)6-15-8-5-3-2-4-7(8)11(13)14/h2-5H,6H2,1H3,(H,10,12). The first-order chi connectivity index (χ1) is 7.15. The Hall–Kier alpha value is -2.11. The van der Waals surface area contributed by atoms with Crippen LogP contribution in [0.2, 0.25) is 0 Å². The molecular weight excluding hydrogens is 200 g/mol. The highest BCUT2D eigenvalue weighted by Crippen LogP contribution is 2.25. The predicted octanol–water partition coefficient (Wildman–Crippen LogP) is 0.720. The van der Waals surface area contributed by atoms with Gasteiger partial charge in [-0.15, -0.1) is 0 Å². The zero-order chi connectivity index (χ0) is 11.3. The summed E-state index contributed by atoms with van der Waals surface area (Å²) in [5.74, 6) is -0.251. The third-order valence-corrected chi connectivity index (χ3v) is 1.70. The molecule has 6 heteroatoms. The number of nitrogens with zero attached hydrogens (tertiary/aromatic N) is 1. The van der Waals surface area contributed by atoms with E-state index in [9.17, 15) is 14.9 Å². The first kappa shape index (κ1) is 11.0. The second-order valence-corrected chi connectivity index (χ2v) is 2.69. The maximum atomic E-state index is 10.9. The minimum absolute atomic E-state index is 0.0890. The Labute approximate surface area is 86.0 Å². The van der Waals surface area contributed by atoms with Crippen LogP contribution in [0.3, 0.4) is 0 Å². The van der Waals surface area contributed by atoms with Gasteiger partial charge in [0.05, 0.1) is 4.92 Å². The van der Waals surface area contributed by atoms with Crippen LogP contribution in [0.5, 0.6) is 5.75 Å². The lowest BCUT2D eigenvalue weighted by molar-refractivity contribution is -0.385. The lowest BCUT2D eigenvalue weighted by Crippen LogP contribution is -2.24. The highest BCUT2D eigenvalue weighted by atomic mass is 16.6. The van der Waals surface area contributed by atoms with E-state index in [0.717, 1.165) is 0 Å². The maximum Gasteiger partial charge on any atom is 0.310 e. The molecule has 0 unspecified atom stereocenters. The van der Waals surface area contributed by atoms with Crippen molar-refractivity contribution in [2.45, 2.75) is 0 Å². The Kier molecular flexibility index (Phi) is 3.61. The number of carbonyl (C=O) groups is 1. The second-order valence-electron chi connectivity index (χ2n) is 2.69. The molecule has 15 heavy (non-hydrogen) atoms. The van der Waals surface area contributed by atoms with Gasteiger partial charge in [0.1, 0.15) is 0 Å². The summed E-state index contributed by atoms with van der Waals surface area (Å²) in [6.07, 6.45) is 0. The van der Waals surface area contributed by atoms with Crippen LogP contribution in [-0.4, -0.2) is 24.5 Å². The molecule has 1 N–H and O–H groups in total. The van der Waals surface area contributed by atoms with Gasteiger partial charge in [-0.1, -0.05) is 12.1 Å². The van der Waals surface area contributed by atoms with Crippen LogP contribution in [0.25, 0.3) is 0 Å². The molecule has 1 amide bonds. The molecule has 0 saturated carbocycles. The zero-order valence-corrected chi connectivity index (χ0v) is 8.10. The van der Waals surface area contributed by atoms with E-state index in [1.165, 1.54) is 25.2 Å². The summed E-state index contributed by atoms with van der Waals surface area (Å²) in [4.78, 5) is 20.9. The molecular formula is C9H10N2O4. The lowest BCUT2D eigenvalue weighted by Gasteiger charge is -2.04. The number of para-hydroxylation sites is 2. The second kappa shape index (κ2) is 4.94. The average Bonchev–Trinajstić information content (AvgIpc) is 2.26. The topological polar surface area (TPSA) is 81.5 Å². The number of nitro groups is 1. The fourth-order valence-corrected chi connectivity index (χ4v) is 0.946. The molecule has 0 aliphatic rings. The third kappa shape index (κ3) is 2.94. The molecule has 0 radical (unpaired) electrons. The van der Waals surface area contributed by atoms with Crippen LogP contribution in [-0.2, 0) is 4.79 Å². The van der Waals surface area contributed by atoms with Crippen LogP contribution in [0, 0.1) is 10.1 Å². The highest BCUT2D eigenvalue weighted by molar-refractivity contribution is 5.77. The Morgan fingerprint density at radius 3 is 2.80 bits per heavy atom. The van der Waals surface area contributed by atoms with E-state index in [0.29, 0.717) is 0 Å². The van der Waals surface area contributed by atoms with E-state index in [1.54, 1.807) is 6.07 Å². The molecule has 0 spiro atoms. The quantitative estimate of drug-likeness (QED) is 0.586. The van der Waals surface area contributed by atoms with Crippen molar-refractivity contribution in [2.24, 2.45) is 0 Å². The molecule has 0 aliphatic carbocycles. The van der Waals surface area contributed by atoms with Crippen molar-refractivity contribution in [2.75, 3.05) is 13.7 Å². The van der Waals surface area contributed by atoms with Gasteiger partial charge in [0.25, 0.3) is 5.91 Å². The van der Waals surface area contributed by atoms with Crippen LogP contribution in [0.1, 0.15) is 0 Å². The largest absolute Gasteiger partial charge is 0.477 e. The van der Waals surface area contributed by atoms with Gasteiger partial charge in [0.15, 0.2) is 12.4 Å². The average molecular weight is 210 g/mol. The highest BCUT2D eigenvalue weighted by Gasteiger charge is 2.14. The number of nitro benzene ring substituents is 1. The number of benzene rings is 1. The number of carbonyl (C=O) groups excluding carboxylic acids is 1. The van der Waals surface area contributed by atoms with Crippen LogP contribution in [0.15, 0.2) is 24.3 Å². The molecule has 1 rings (SSSR count). The Morgan fingerprint density at radius 1 is 1.53 bits per heavy atom. The first-order valence-corrected chi connectivity index (χ1v) is 4.22. The summed E-state index contributed by atoms with van der Waals surface area (Å²) in [6, 6.07) is 5.90. The van der Waals surface area contributed by atoms with Crippen molar-refractivity contribution in [3.05, 3.63) is 34.4 Å². The number of hydrogen-bond donors (Lipinski definition) is 1. The number of ether oxygens (including phenoxy) is 1. The summed E-state index contributed by atoms with van der Waals surface area (Å²) in [7, 11) is 1.46. The van der Waals surface area contributed by atoms with Gasteiger partial charge < -0.3 is 10.1 Å². The zero-order valence-electron chi connectivity index (χ0n) is 8.10. The summed E-state index contributed by atoms with van der Waals surface area (Å²) in [5, 5.41) is 12.9. The smallest absolute Gasteiger partial charge is 0.310 e. The molecule has 0 fully saturated rings.